The summed E-state index contributed by atoms with van der Waals surface area (Å²) >= 11 is 7.91. The van der Waals surface area contributed by atoms with Gasteiger partial charge < -0.3 is 5.11 Å². The first-order valence-electron chi connectivity index (χ1n) is 18.9. The molecule has 1 N–H and O–H groups in total. The molecule has 3 fully saturated rings. The minimum atomic E-state index is -1.32. The lowest BCUT2D eigenvalue weighted by molar-refractivity contribution is -0.141. The van der Waals surface area contributed by atoms with Crippen molar-refractivity contribution in [2.45, 2.75) is 39.2 Å². The summed E-state index contributed by atoms with van der Waals surface area (Å²) in [4.78, 5) is 62.2. The van der Waals surface area contributed by atoms with Gasteiger partial charge in [0.1, 0.15) is 17.3 Å². The van der Waals surface area contributed by atoms with Gasteiger partial charge in [-0.1, -0.05) is 90.0 Å². The van der Waals surface area contributed by atoms with Crippen LogP contribution in [0.2, 0.25) is 5.02 Å². The molecule has 4 heterocycles. The molecule has 6 aromatic rings. The summed E-state index contributed by atoms with van der Waals surface area (Å²) in [7, 11) is 1.73. The number of likely N-dealkylation sites (tertiary alicyclic amines) is 1. The van der Waals surface area contributed by atoms with E-state index in [4.69, 9.17) is 16.7 Å². The second kappa shape index (κ2) is 12.5. The molecular weight excluding hydrogens is 744 g/mol. The average Bonchev–Trinajstić information content (AvgIpc) is 3.86. The lowest BCUT2D eigenvalue weighted by Crippen LogP contribution is -2.49. The van der Waals surface area contributed by atoms with Gasteiger partial charge in [0.15, 0.2) is 0 Å². The van der Waals surface area contributed by atoms with Crippen molar-refractivity contribution in [1.82, 2.24) is 14.7 Å². The Hall–Kier alpha value is -5.58. The predicted octanol–water partition coefficient (Wildman–Crippen LogP) is 8.55. The summed E-state index contributed by atoms with van der Waals surface area (Å²) in [5, 5.41) is 20.0. The number of fused-ring (bicyclic) bond motifs is 6. The minimum Gasteiger partial charge on any atom is -0.507 e. The number of thiophene rings is 1. The molecule has 4 aromatic carbocycles. The smallest absolute Gasteiger partial charge is 0.242 e. The first-order chi connectivity index (χ1) is 27.0. The van der Waals surface area contributed by atoms with E-state index in [2.05, 4.69) is 0 Å². The number of carbonyl (C=O) groups is 4. The van der Waals surface area contributed by atoms with Crippen molar-refractivity contribution in [3.63, 3.8) is 0 Å². The fraction of sp³-hybridized carbons (Fsp3) is 0.267. The van der Waals surface area contributed by atoms with Crippen LogP contribution in [0.4, 0.5) is 5.82 Å². The summed E-state index contributed by atoms with van der Waals surface area (Å²) < 4.78 is 2.63. The van der Waals surface area contributed by atoms with Crippen LogP contribution in [-0.2, 0) is 32.8 Å². The standard InChI is InChI=1S/C45H37ClN4O5S/c1-23-31-19-26(46)14-18-35(31)56-40(23)34-21-36(48(3)47-34)50-42(53)33-20-32-28(16-17-29-37(32)43(54)49(41(29)52)22-24-9-5-4-6-10-24)38(45(33,2)44(50)55)30-15-13-25-11-7-8-12-27(25)39(30)51/h4-16,18-19,21,29,32-33,37-38,51H,17,20,22H2,1-3H3/t29-,32+,33-,37-,38+,45+/m0/s1. The number of amides is 4. The number of phenolic OH excluding ortho intramolecular Hbond substituents is 1. The van der Waals surface area contributed by atoms with Gasteiger partial charge in [-0.05, 0) is 72.7 Å². The SMILES string of the molecule is Cc1c(-c2cc(N3C(=O)[C@@H]4C[C@@H]5C(=CC[C@@H]6C(=O)N(Cc7ccccc7)C(=O)[C@@H]65)[C@H](c5ccc6ccccc6c5O)[C@]4(C)C3=O)n(C)n2)sc2ccc(Cl)cc12. The number of halogens is 1. The lowest BCUT2D eigenvalue weighted by atomic mass is 9.51. The van der Waals surface area contributed by atoms with E-state index in [0.717, 1.165) is 37.0 Å². The Kier molecular flexibility index (Phi) is 7.76. The summed E-state index contributed by atoms with van der Waals surface area (Å²) in [6.45, 7) is 4.02. The molecule has 1 saturated carbocycles. The molecule has 4 amide bonds. The minimum absolute atomic E-state index is 0.0399. The van der Waals surface area contributed by atoms with E-state index in [9.17, 15) is 19.5 Å². The molecular formula is C45H37ClN4O5S. The molecule has 6 atom stereocenters. The number of phenols is 1. The maximum atomic E-state index is 15.3. The van der Waals surface area contributed by atoms with Crippen molar-refractivity contribution in [2.24, 2.45) is 36.1 Å². The van der Waals surface area contributed by atoms with E-state index in [0.29, 0.717) is 33.9 Å². The number of aromatic nitrogens is 2. The van der Waals surface area contributed by atoms with Gasteiger partial charge in [0.2, 0.25) is 23.6 Å². The number of hydrogen-bond donors (Lipinski definition) is 1. The van der Waals surface area contributed by atoms with Crippen molar-refractivity contribution in [1.29, 1.82) is 0 Å². The van der Waals surface area contributed by atoms with Crippen LogP contribution in [0.3, 0.4) is 0 Å². The number of aromatic hydroxyl groups is 1. The van der Waals surface area contributed by atoms with Crippen LogP contribution >= 0.6 is 22.9 Å². The van der Waals surface area contributed by atoms with E-state index >= 15 is 4.79 Å². The third kappa shape index (κ3) is 4.81. The fourth-order valence-electron chi connectivity index (χ4n) is 10.3. The van der Waals surface area contributed by atoms with Crippen molar-refractivity contribution in [3.05, 3.63) is 124 Å². The Labute approximate surface area is 331 Å². The number of benzene rings is 4. The highest BCUT2D eigenvalue weighted by molar-refractivity contribution is 7.22. The van der Waals surface area contributed by atoms with Gasteiger partial charge in [-0.15, -0.1) is 11.3 Å². The highest BCUT2D eigenvalue weighted by Crippen LogP contribution is 2.65. The molecule has 0 spiro atoms. The van der Waals surface area contributed by atoms with E-state index in [1.165, 1.54) is 9.80 Å². The third-order valence-corrected chi connectivity index (χ3v) is 14.5. The topological polar surface area (TPSA) is 113 Å². The summed E-state index contributed by atoms with van der Waals surface area (Å²) in [5.74, 6) is -4.19. The molecule has 4 aliphatic rings. The largest absolute Gasteiger partial charge is 0.507 e. The zero-order valence-electron chi connectivity index (χ0n) is 30.9. The second-order valence-electron chi connectivity index (χ2n) is 15.8. The van der Waals surface area contributed by atoms with Crippen LogP contribution in [0, 0.1) is 36.0 Å². The number of hydrogen-bond acceptors (Lipinski definition) is 7. The van der Waals surface area contributed by atoms with E-state index in [-0.39, 0.29) is 42.3 Å². The molecule has 0 unspecified atom stereocenters. The molecule has 2 aliphatic heterocycles. The van der Waals surface area contributed by atoms with Gasteiger partial charge in [-0.25, -0.2) is 4.90 Å². The highest BCUT2D eigenvalue weighted by atomic mass is 35.5. The quantitative estimate of drug-likeness (QED) is 0.139. The molecule has 0 bridgehead atoms. The fourth-order valence-corrected chi connectivity index (χ4v) is 11.6. The highest BCUT2D eigenvalue weighted by Gasteiger charge is 2.68. The number of allylic oxidation sites excluding steroid dienone is 2. The van der Waals surface area contributed by atoms with Gasteiger partial charge in [-0.3, -0.25) is 28.8 Å². The third-order valence-electron chi connectivity index (χ3n) is 13.0. The zero-order valence-corrected chi connectivity index (χ0v) is 32.5. The van der Waals surface area contributed by atoms with Crippen LogP contribution in [0.25, 0.3) is 31.4 Å². The molecule has 11 heteroatoms. The summed E-state index contributed by atoms with van der Waals surface area (Å²) in [6, 6.07) is 28.3. The Balaban J connectivity index is 1.10. The van der Waals surface area contributed by atoms with Gasteiger partial charge in [0.05, 0.1) is 34.6 Å². The van der Waals surface area contributed by atoms with E-state index in [1.807, 2.05) is 105 Å². The predicted molar refractivity (Wildman–Crippen MR) is 216 cm³/mol. The maximum absolute atomic E-state index is 15.3. The Morgan fingerprint density at radius 3 is 2.46 bits per heavy atom. The maximum Gasteiger partial charge on any atom is 0.242 e. The molecule has 280 valence electrons. The van der Waals surface area contributed by atoms with Gasteiger partial charge in [-0.2, -0.15) is 5.10 Å². The van der Waals surface area contributed by atoms with Crippen molar-refractivity contribution in [3.8, 4) is 16.3 Å². The van der Waals surface area contributed by atoms with Gasteiger partial charge >= 0.3 is 0 Å². The van der Waals surface area contributed by atoms with Crippen molar-refractivity contribution >= 4 is 73.2 Å². The molecule has 2 aliphatic carbocycles. The van der Waals surface area contributed by atoms with Crippen LogP contribution in [0.15, 0.2) is 103 Å². The zero-order chi connectivity index (χ0) is 38.8. The molecule has 2 saturated heterocycles. The van der Waals surface area contributed by atoms with Crippen molar-refractivity contribution < 1.29 is 24.3 Å². The monoisotopic (exact) mass is 780 g/mol. The summed E-state index contributed by atoms with van der Waals surface area (Å²) in [6.07, 6.45) is 2.56. The number of nitrogens with zero attached hydrogens (tertiary/aromatic N) is 4. The van der Waals surface area contributed by atoms with Gasteiger partial charge in [0.25, 0.3) is 0 Å². The molecule has 9 nitrogen and oxygen atoms in total. The number of aryl methyl sites for hydroxylation is 2. The summed E-state index contributed by atoms with van der Waals surface area (Å²) in [5.41, 5.74) is 2.52. The van der Waals surface area contributed by atoms with Gasteiger partial charge in [0, 0.05) is 39.7 Å². The molecule has 56 heavy (non-hydrogen) atoms. The van der Waals surface area contributed by atoms with E-state index < -0.39 is 35.0 Å². The first-order valence-corrected chi connectivity index (χ1v) is 20.1. The van der Waals surface area contributed by atoms with Crippen molar-refractivity contribution in [2.75, 3.05) is 4.90 Å². The number of imide groups is 2. The lowest BCUT2D eigenvalue weighted by Gasteiger charge is -2.49. The Morgan fingerprint density at radius 2 is 1.66 bits per heavy atom. The normalized spacial score (nSPS) is 25.9. The van der Waals surface area contributed by atoms with Crippen LogP contribution < -0.4 is 4.90 Å². The second-order valence-corrected chi connectivity index (χ2v) is 17.3. The molecule has 10 rings (SSSR count). The first kappa shape index (κ1) is 34.9. The van der Waals surface area contributed by atoms with E-state index in [1.54, 1.807) is 29.1 Å². The number of carbonyl (C=O) groups excluding carboxylic acids is 4. The van der Waals surface area contributed by atoms with Crippen LogP contribution in [-0.4, -0.2) is 43.4 Å². The Bertz CT molecular complexity index is 2740. The average molecular weight is 781 g/mol. The number of anilines is 1. The number of rotatable bonds is 5. The van der Waals surface area contributed by atoms with Crippen LogP contribution in [0.1, 0.15) is 42.4 Å². The molecule has 0 radical (unpaired) electrons. The van der Waals surface area contributed by atoms with Crippen LogP contribution in [0.5, 0.6) is 5.75 Å². The molecule has 2 aromatic heterocycles. The Morgan fingerprint density at radius 1 is 0.893 bits per heavy atom.